The van der Waals surface area contributed by atoms with E-state index in [1.807, 2.05) is 36.4 Å². The van der Waals surface area contributed by atoms with Crippen LogP contribution in [0.25, 0.3) is 0 Å². The average molecular weight is 561 g/mol. The molecular weight excluding hydrogens is 524 g/mol. The summed E-state index contributed by atoms with van der Waals surface area (Å²) < 4.78 is 23.4. The van der Waals surface area contributed by atoms with Crippen LogP contribution in [0.15, 0.2) is 60.8 Å². The third kappa shape index (κ3) is 7.53. The van der Waals surface area contributed by atoms with Gasteiger partial charge in [-0.05, 0) is 54.8 Å². The molecule has 1 fully saturated rings. The molecule has 0 unspecified atom stereocenters. The van der Waals surface area contributed by atoms with Gasteiger partial charge in [0, 0.05) is 50.4 Å². The molecule has 0 spiro atoms. The summed E-state index contributed by atoms with van der Waals surface area (Å²) in [6.45, 7) is 2.75. The minimum atomic E-state index is -0.259. The lowest BCUT2D eigenvalue weighted by Crippen LogP contribution is -2.55. The van der Waals surface area contributed by atoms with Crippen molar-refractivity contribution in [2.75, 3.05) is 33.9 Å². The van der Waals surface area contributed by atoms with E-state index in [9.17, 15) is 9.59 Å². The summed E-state index contributed by atoms with van der Waals surface area (Å²) in [6, 6.07) is 16.3. The number of fused-ring (bicyclic) bond motifs is 5. The average Bonchev–Trinajstić information content (AvgIpc) is 2.98. The summed E-state index contributed by atoms with van der Waals surface area (Å²) in [5, 5.41) is 6.09. The van der Waals surface area contributed by atoms with Crippen LogP contribution in [0.1, 0.15) is 40.9 Å². The van der Waals surface area contributed by atoms with Gasteiger partial charge in [0.15, 0.2) is 0 Å². The van der Waals surface area contributed by atoms with Crippen molar-refractivity contribution in [1.82, 2.24) is 20.5 Å². The molecule has 41 heavy (non-hydrogen) atoms. The number of ether oxygens (including phenoxy) is 4. The predicted octanol–water partition coefficient (Wildman–Crippen LogP) is 3.69. The number of hydrogen-bond acceptors (Lipinski definition) is 8. The number of nitrogens with zero attached hydrogens (tertiary/aromatic N) is 2. The van der Waals surface area contributed by atoms with Gasteiger partial charge in [0.25, 0.3) is 5.91 Å². The van der Waals surface area contributed by atoms with Crippen LogP contribution in [0.2, 0.25) is 0 Å². The molecule has 0 aliphatic carbocycles. The second-order valence-corrected chi connectivity index (χ2v) is 10.2. The number of pyridine rings is 1. The topological polar surface area (TPSA) is 111 Å². The zero-order chi connectivity index (χ0) is 28.6. The molecule has 2 aliphatic rings. The van der Waals surface area contributed by atoms with E-state index in [0.29, 0.717) is 55.5 Å². The lowest BCUT2D eigenvalue weighted by Gasteiger charge is -2.38. The Kier molecular flexibility index (Phi) is 9.33. The number of nitrogens with one attached hydrogen (secondary N) is 2. The Balaban J connectivity index is 1.34. The van der Waals surface area contributed by atoms with E-state index >= 15 is 0 Å². The minimum absolute atomic E-state index is 0.0738. The van der Waals surface area contributed by atoms with Crippen LogP contribution in [0.4, 0.5) is 0 Å². The largest absolute Gasteiger partial charge is 0.497 e. The van der Waals surface area contributed by atoms with Crippen molar-refractivity contribution in [2.45, 2.75) is 44.6 Å². The molecule has 2 atom stereocenters. The highest BCUT2D eigenvalue weighted by Crippen LogP contribution is 2.29. The maximum absolute atomic E-state index is 13.0. The molecule has 10 heteroatoms. The number of benzene rings is 2. The van der Waals surface area contributed by atoms with Gasteiger partial charge in [0.2, 0.25) is 5.91 Å². The predicted molar refractivity (Wildman–Crippen MR) is 152 cm³/mol. The van der Waals surface area contributed by atoms with Crippen LogP contribution in [0.3, 0.4) is 0 Å². The van der Waals surface area contributed by atoms with Crippen molar-refractivity contribution in [1.29, 1.82) is 0 Å². The van der Waals surface area contributed by atoms with Gasteiger partial charge >= 0.3 is 0 Å². The molecule has 2 N–H and O–H groups in total. The van der Waals surface area contributed by atoms with Crippen molar-refractivity contribution in [3.8, 4) is 23.0 Å². The van der Waals surface area contributed by atoms with Crippen LogP contribution >= 0.6 is 0 Å². The second-order valence-electron chi connectivity index (χ2n) is 10.2. The van der Waals surface area contributed by atoms with Crippen molar-refractivity contribution < 1.29 is 28.5 Å². The van der Waals surface area contributed by atoms with E-state index in [-0.39, 0.29) is 30.4 Å². The molecule has 0 saturated carbocycles. The zero-order valence-electron chi connectivity index (χ0n) is 23.4. The van der Waals surface area contributed by atoms with Crippen LogP contribution in [0, 0.1) is 0 Å². The van der Waals surface area contributed by atoms with E-state index < -0.39 is 0 Å². The summed E-state index contributed by atoms with van der Waals surface area (Å²) in [7, 11) is 3.19. The van der Waals surface area contributed by atoms with Gasteiger partial charge in [-0.25, -0.2) is 0 Å². The van der Waals surface area contributed by atoms with Gasteiger partial charge in [-0.3, -0.25) is 19.5 Å². The van der Waals surface area contributed by atoms with Crippen molar-refractivity contribution in [2.24, 2.45) is 0 Å². The Bertz CT molecular complexity index is 1370. The Morgan fingerprint density at radius 2 is 1.95 bits per heavy atom. The molecule has 3 aromatic rings. The molecule has 2 amide bonds. The van der Waals surface area contributed by atoms with Gasteiger partial charge in [-0.1, -0.05) is 12.1 Å². The summed E-state index contributed by atoms with van der Waals surface area (Å²) in [5.74, 6) is 2.04. The molecule has 1 saturated heterocycles. The van der Waals surface area contributed by atoms with Gasteiger partial charge in [0.1, 0.15) is 23.0 Å². The number of carbonyl (C=O) groups excluding carboxylic acids is 2. The molecule has 2 aliphatic heterocycles. The smallest absolute Gasteiger partial charge is 0.251 e. The first-order valence-corrected chi connectivity index (χ1v) is 13.9. The molecule has 216 valence electrons. The highest BCUT2D eigenvalue weighted by atomic mass is 16.5. The van der Waals surface area contributed by atoms with E-state index in [1.54, 1.807) is 38.6 Å². The molecule has 5 rings (SSSR count). The second kappa shape index (κ2) is 13.5. The molecular formula is C31H36N4O6. The number of piperidine rings is 1. The first-order chi connectivity index (χ1) is 20.0. The molecule has 3 heterocycles. The Labute approximate surface area is 239 Å². The van der Waals surface area contributed by atoms with Crippen molar-refractivity contribution >= 4 is 11.8 Å². The Morgan fingerprint density at radius 1 is 1.05 bits per heavy atom. The number of hydrogen-bond donors (Lipinski definition) is 2. The maximum atomic E-state index is 13.0. The number of methoxy groups -OCH3 is 2. The van der Waals surface area contributed by atoms with Crippen LogP contribution in [-0.2, 0) is 22.7 Å². The van der Waals surface area contributed by atoms with Gasteiger partial charge in [0.05, 0.1) is 38.7 Å². The van der Waals surface area contributed by atoms with E-state index in [4.69, 9.17) is 18.9 Å². The van der Waals surface area contributed by atoms with Gasteiger partial charge in [-0.2, -0.15) is 0 Å². The van der Waals surface area contributed by atoms with Crippen molar-refractivity contribution in [3.05, 3.63) is 77.6 Å². The number of rotatable bonds is 4. The van der Waals surface area contributed by atoms with E-state index in [2.05, 4.69) is 20.5 Å². The zero-order valence-corrected chi connectivity index (χ0v) is 23.4. The molecule has 2 aromatic carbocycles. The highest BCUT2D eigenvalue weighted by Gasteiger charge is 2.32. The summed E-state index contributed by atoms with van der Waals surface area (Å²) in [4.78, 5) is 32.6. The van der Waals surface area contributed by atoms with Crippen molar-refractivity contribution in [3.63, 3.8) is 0 Å². The lowest BCUT2D eigenvalue weighted by molar-refractivity contribution is -0.124. The quantitative estimate of drug-likeness (QED) is 0.497. The molecule has 10 nitrogen and oxygen atoms in total. The SMILES string of the molecule is COc1cc2cc(c1)C(=O)NCCCC(=O)N[C@H]1CN(Cc3ncccc3OC)CC[C@@H]1OCc1cccc(c1)O2. The molecule has 0 radical (unpaired) electrons. The fourth-order valence-corrected chi connectivity index (χ4v) is 5.17. The number of likely N-dealkylation sites (tertiary alicyclic amines) is 1. The third-order valence-corrected chi connectivity index (χ3v) is 7.26. The van der Waals surface area contributed by atoms with Crippen LogP contribution in [-0.4, -0.2) is 67.7 Å². The standard InChI is InChI=1S/C31H36N4O6/c1-38-24-15-22-16-25(17-24)41-23-7-3-6-21(14-23)20-40-29-10-13-35(18-26-28(39-2)8-4-11-32-26)19-27(29)34-30(36)9-5-12-33-31(22)37/h3-4,6-8,11,14-17,27,29H,5,9-10,12-13,18-20H2,1-2H3,(H,33,37)(H,34,36)/t27-,29-/m0/s1. The maximum Gasteiger partial charge on any atom is 0.251 e. The van der Waals surface area contributed by atoms with E-state index in [1.165, 1.54) is 0 Å². The van der Waals surface area contributed by atoms with Crippen LogP contribution < -0.4 is 24.8 Å². The number of carbonyl (C=O) groups is 2. The lowest BCUT2D eigenvalue weighted by atomic mass is 10.0. The fourth-order valence-electron chi connectivity index (χ4n) is 5.17. The molecule has 1 aromatic heterocycles. The summed E-state index contributed by atoms with van der Waals surface area (Å²) in [6.07, 6.45) is 3.13. The minimum Gasteiger partial charge on any atom is -0.497 e. The third-order valence-electron chi connectivity index (χ3n) is 7.26. The van der Waals surface area contributed by atoms with Crippen LogP contribution in [0.5, 0.6) is 23.0 Å². The highest BCUT2D eigenvalue weighted by molar-refractivity contribution is 5.95. The normalized spacial score (nSPS) is 20.3. The Morgan fingerprint density at radius 3 is 2.80 bits per heavy atom. The fraction of sp³-hybridized carbons (Fsp3) is 0.387. The number of aromatic nitrogens is 1. The van der Waals surface area contributed by atoms with E-state index in [0.717, 1.165) is 30.0 Å². The van der Waals surface area contributed by atoms with Gasteiger partial charge in [-0.15, -0.1) is 0 Å². The first kappa shape index (κ1) is 28.4. The summed E-state index contributed by atoms with van der Waals surface area (Å²) >= 11 is 0. The molecule has 4 bridgehead atoms. The summed E-state index contributed by atoms with van der Waals surface area (Å²) in [5.41, 5.74) is 2.21. The Hall–Kier alpha value is -4.15. The van der Waals surface area contributed by atoms with Gasteiger partial charge < -0.3 is 29.6 Å². The monoisotopic (exact) mass is 560 g/mol. The number of amides is 2. The first-order valence-electron chi connectivity index (χ1n) is 13.9.